The van der Waals surface area contributed by atoms with E-state index in [0.717, 1.165) is 25.9 Å². The monoisotopic (exact) mass is 374 g/mol. The molecule has 0 unspecified atom stereocenters. The van der Waals surface area contributed by atoms with Gasteiger partial charge in [-0.3, -0.25) is 14.2 Å². The minimum Gasteiger partial charge on any atom is -0.384 e. The van der Waals surface area contributed by atoms with Crippen molar-refractivity contribution < 1.29 is 4.79 Å². The number of pyridine rings is 1. The third-order valence-electron chi connectivity index (χ3n) is 5.25. The average Bonchev–Trinajstić information content (AvgIpc) is 2.88. The predicted molar refractivity (Wildman–Crippen MR) is 99.1 cm³/mol. The molecule has 136 valence electrons. The third kappa shape index (κ3) is 2.65. The summed E-state index contributed by atoms with van der Waals surface area (Å²) in [5.41, 5.74) is 5.48. The van der Waals surface area contributed by atoms with Gasteiger partial charge in [-0.15, -0.1) is 0 Å². The summed E-state index contributed by atoms with van der Waals surface area (Å²) in [5.74, 6) is 0.610. The molecule has 0 bridgehead atoms. The minimum atomic E-state index is -0.498. The molecule has 0 aromatic carbocycles. The maximum Gasteiger partial charge on any atom is 0.275 e. The number of piperidine rings is 1. The molecule has 0 amide bonds. The summed E-state index contributed by atoms with van der Waals surface area (Å²) in [4.78, 5) is 35.9. The lowest BCUT2D eigenvalue weighted by molar-refractivity contribution is 0.0911. The number of anilines is 3. The van der Waals surface area contributed by atoms with Gasteiger partial charge in [-0.1, -0.05) is 11.6 Å². The van der Waals surface area contributed by atoms with Crippen LogP contribution in [0.25, 0.3) is 0 Å². The second-order valence-electron chi connectivity index (χ2n) is 6.98. The Morgan fingerprint density at radius 2 is 1.96 bits per heavy atom. The number of halogens is 1. The van der Waals surface area contributed by atoms with Crippen molar-refractivity contribution in [2.75, 3.05) is 31.2 Å². The second-order valence-corrected chi connectivity index (χ2v) is 7.38. The van der Waals surface area contributed by atoms with E-state index in [9.17, 15) is 9.59 Å². The number of ketones is 1. The molecule has 0 saturated carbocycles. The Kier molecular flexibility index (Phi) is 3.96. The summed E-state index contributed by atoms with van der Waals surface area (Å²) >= 11 is 6.38. The number of hydrogen-bond donors (Lipinski definition) is 2. The van der Waals surface area contributed by atoms with Gasteiger partial charge in [0.25, 0.3) is 5.56 Å². The van der Waals surface area contributed by atoms with Gasteiger partial charge in [0.15, 0.2) is 5.78 Å². The second kappa shape index (κ2) is 6.07. The zero-order valence-corrected chi connectivity index (χ0v) is 15.1. The molecule has 9 heteroatoms. The molecule has 2 aliphatic heterocycles. The highest BCUT2D eigenvalue weighted by molar-refractivity contribution is 6.34. The fourth-order valence-corrected chi connectivity index (χ4v) is 4.16. The molecule has 1 saturated heterocycles. The van der Waals surface area contributed by atoms with Crippen LogP contribution < -0.4 is 16.6 Å². The smallest absolute Gasteiger partial charge is 0.275 e. The van der Waals surface area contributed by atoms with Crippen LogP contribution in [0.15, 0.2) is 23.3 Å². The van der Waals surface area contributed by atoms with Crippen LogP contribution in [0.4, 0.5) is 17.3 Å². The van der Waals surface area contributed by atoms with Gasteiger partial charge < -0.3 is 16.0 Å². The number of carbonyl (C=O) groups is 1. The van der Waals surface area contributed by atoms with Gasteiger partial charge in [0, 0.05) is 25.6 Å². The summed E-state index contributed by atoms with van der Waals surface area (Å²) in [6.07, 6.45) is 3.11. The molecule has 2 aliphatic rings. The van der Waals surface area contributed by atoms with E-state index in [4.69, 9.17) is 17.3 Å². The van der Waals surface area contributed by atoms with Crippen LogP contribution in [0.1, 0.15) is 29.8 Å². The Labute approximate surface area is 155 Å². The van der Waals surface area contributed by atoms with Crippen LogP contribution in [0.2, 0.25) is 5.02 Å². The SMILES string of the molecule is CN1CCC2(CC1)CC(=O)c1c(Cl)cc(Nc3cc(N)ncn3)c(=O)n12. The van der Waals surface area contributed by atoms with Crippen molar-refractivity contribution in [3.63, 3.8) is 0 Å². The van der Waals surface area contributed by atoms with Gasteiger partial charge in [0.1, 0.15) is 29.3 Å². The first-order valence-corrected chi connectivity index (χ1v) is 8.80. The lowest BCUT2D eigenvalue weighted by Crippen LogP contribution is -2.47. The fraction of sp³-hybridized carbons (Fsp3) is 0.412. The maximum absolute atomic E-state index is 13.2. The van der Waals surface area contributed by atoms with E-state index >= 15 is 0 Å². The molecular formula is C17H19ClN6O2. The molecule has 0 atom stereocenters. The van der Waals surface area contributed by atoms with Gasteiger partial charge in [-0.25, -0.2) is 9.97 Å². The van der Waals surface area contributed by atoms with Crippen LogP contribution in [-0.4, -0.2) is 45.4 Å². The molecule has 1 fully saturated rings. The molecule has 3 N–H and O–H groups in total. The van der Waals surface area contributed by atoms with Gasteiger partial charge in [-0.2, -0.15) is 0 Å². The number of Topliss-reactive ketones (excluding diaryl/α,β-unsaturated/α-hetero) is 1. The Morgan fingerprint density at radius 3 is 2.65 bits per heavy atom. The van der Waals surface area contributed by atoms with E-state index in [1.54, 1.807) is 4.57 Å². The molecule has 0 aliphatic carbocycles. The van der Waals surface area contributed by atoms with E-state index in [0.29, 0.717) is 17.9 Å². The Hall–Kier alpha value is -2.45. The van der Waals surface area contributed by atoms with Crippen molar-refractivity contribution in [3.8, 4) is 0 Å². The number of nitrogens with zero attached hydrogens (tertiary/aromatic N) is 4. The topological polar surface area (TPSA) is 106 Å². The van der Waals surface area contributed by atoms with E-state index in [1.807, 2.05) is 7.05 Å². The van der Waals surface area contributed by atoms with Crippen LogP contribution in [0, 0.1) is 0 Å². The van der Waals surface area contributed by atoms with Gasteiger partial charge in [0.2, 0.25) is 0 Å². The number of likely N-dealkylation sites (tertiary alicyclic amines) is 1. The molecule has 4 rings (SSSR count). The van der Waals surface area contributed by atoms with Gasteiger partial charge in [0.05, 0.1) is 10.6 Å². The molecule has 26 heavy (non-hydrogen) atoms. The molecule has 0 radical (unpaired) electrons. The fourth-order valence-electron chi connectivity index (χ4n) is 3.86. The molecule has 4 heterocycles. The van der Waals surface area contributed by atoms with E-state index in [2.05, 4.69) is 20.2 Å². The zero-order valence-electron chi connectivity index (χ0n) is 14.3. The lowest BCUT2D eigenvalue weighted by Gasteiger charge is -2.39. The molecule has 2 aromatic heterocycles. The summed E-state index contributed by atoms with van der Waals surface area (Å²) in [7, 11) is 2.04. The number of fused-ring (bicyclic) bond motifs is 2. The average molecular weight is 375 g/mol. The molecule has 8 nitrogen and oxygen atoms in total. The normalized spacial score (nSPS) is 18.9. The van der Waals surface area contributed by atoms with Crippen molar-refractivity contribution in [3.05, 3.63) is 39.5 Å². The Morgan fingerprint density at radius 1 is 1.23 bits per heavy atom. The molecule has 1 spiro atoms. The Balaban J connectivity index is 1.82. The highest BCUT2D eigenvalue weighted by Crippen LogP contribution is 2.41. The number of carbonyl (C=O) groups excluding carboxylic acids is 1. The number of nitrogen functional groups attached to an aromatic ring is 1. The van der Waals surface area contributed by atoms with Crippen molar-refractivity contribution >= 4 is 34.7 Å². The quantitative estimate of drug-likeness (QED) is 0.822. The molecular weight excluding hydrogens is 356 g/mol. The van der Waals surface area contributed by atoms with Crippen molar-refractivity contribution in [2.24, 2.45) is 0 Å². The summed E-state index contributed by atoms with van der Waals surface area (Å²) in [6, 6.07) is 3.02. The van der Waals surface area contributed by atoms with Crippen molar-refractivity contribution in [1.82, 2.24) is 19.4 Å². The predicted octanol–water partition coefficient (Wildman–Crippen LogP) is 1.62. The number of aromatic nitrogens is 3. The van der Waals surface area contributed by atoms with Crippen LogP contribution in [0.3, 0.4) is 0 Å². The first-order valence-electron chi connectivity index (χ1n) is 8.42. The number of hydrogen-bond acceptors (Lipinski definition) is 7. The number of rotatable bonds is 2. The van der Waals surface area contributed by atoms with Gasteiger partial charge >= 0.3 is 0 Å². The first kappa shape index (κ1) is 17.0. The lowest BCUT2D eigenvalue weighted by atomic mass is 9.85. The minimum absolute atomic E-state index is 0.0746. The van der Waals surface area contributed by atoms with Crippen LogP contribution >= 0.6 is 11.6 Å². The van der Waals surface area contributed by atoms with Gasteiger partial charge in [-0.05, 0) is 26.0 Å². The van der Waals surface area contributed by atoms with Crippen LogP contribution in [0.5, 0.6) is 0 Å². The van der Waals surface area contributed by atoms with E-state index in [-0.39, 0.29) is 27.9 Å². The van der Waals surface area contributed by atoms with Crippen molar-refractivity contribution in [1.29, 1.82) is 0 Å². The number of nitrogens with one attached hydrogen (secondary N) is 1. The first-order chi connectivity index (χ1) is 12.4. The summed E-state index contributed by atoms with van der Waals surface area (Å²) in [6.45, 7) is 1.66. The maximum atomic E-state index is 13.2. The highest BCUT2D eigenvalue weighted by atomic mass is 35.5. The van der Waals surface area contributed by atoms with Crippen LogP contribution in [-0.2, 0) is 5.54 Å². The molecule has 2 aromatic rings. The summed E-state index contributed by atoms with van der Waals surface area (Å²) < 4.78 is 1.61. The summed E-state index contributed by atoms with van der Waals surface area (Å²) in [5, 5.41) is 3.23. The largest absolute Gasteiger partial charge is 0.384 e. The number of nitrogens with two attached hydrogens (primary N) is 1. The standard InChI is InChI=1S/C17H19ClN6O2/c1-23-4-2-17(3-5-23)8-12(25)15-10(18)6-11(16(26)24(15)17)22-14-7-13(19)20-9-21-14/h6-7,9H,2-5,8H2,1H3,(H3,19,20,21,22). The highest BCUT2D eigenvalue weighted by Gasteiger charge is 2.46. The van der Waals surface area contributed by atoms with Crippen molar-refractivity contribution in [2.45, 2.75) is 24.8 Å². The van der Waals surface area contributed by atoms with E-state index in [1.165, 1.54) is 18.5 Å². The Bertz CT molecular complexity index is 949. The van der Waals surface area contributed by atoms with E-state index < -0.39 is 5.54 Å². The zero-order chi connectivity index (χ0) is 18.5. The third-order valence-corrected chi connectivity index (χ3v) is 5.54.